The van der Waals surface area contributed by atoms with Gasteiger partial charge in [0, 0.05) is 26.4 Å². The average molecular weight is 279 g/mol. The maximum Gasteiger partial charge on any atom is 0.0671 e. The van der Waals surface area contributed by atoms with Gasteiger partial charge in [0.1, 0.15) is 0 Å². The van der Waals surface area contributed by atoms with Crippen LogP contribution in [0.5, 0.6) is 0 Å². The smallest absolute Gasteiger partial charge is 0.0671 e. The highest BCUT2D eigenvalue weighted by molar-refractivity contribution is 5.14. The molecule has 3 nitrogen and oxygen atoms in total. The van der Waals surface area contributed by atoms with Crippen LogP contribution in [-0.2, 0) is 15.9 Å². The lowest BCUT2D eigenvalue weighted by atomic mass is 10.1. The number of hydrogen-bond donors (Lipinski definition) is 1. The zero-order chi connectivity index (χ0) is 14.5. The van der Waals surface area contributed by atoms with E-state index >= 15 is 0 Å². The lowest BCUT2D eigenvalue weighted by Gasteiger charge is -2.14. The zero-order valence-electron chi connectivity index (χ0n) is 12.9. The standard InChI is InChI=1S/C17H29NO2/c1-3-19-13-8-12-18-15-16(2)20-14-7-11-17-9-5-4-6-10-17/h4-6,9-10,16,18H,3,7-8,11-15H2,1-2H3. The van der Waals surface area contributed by atoms with Crippen molar-refractivity contribution >= 4 is 0 Å². The maximum absolute atomic E-state index is 5.80. The van der Waals surface area contributed by atoms with E-state index in [1.807, 2.05) is 6.92 Å². The zero-order valence-corrected chi connectivity index (χ0v) is 12.9. The molecule has 0 spiro atoms. The minimum atomic E-state index is 0.276. The van der Waals surface area contributed by atoms with Gasteiger partial charge in [0.2, 0.25) is 0 Å². The second-order valence-corrected chi connectivity index (χ2v) is 5.03. The SMILES string of the molecule is CCOCCCNCC(C)OCCCc1ccccc1. The summed E-state index contributed by atoms with van der Waals surface area (Å²) in [6.07, 6.45) is 3.51. The molecule has 20 heavy (non-hydrogen) atoms. The first-order chi connectivity index (χ1) is 9.83. The summed E-state index contributed by atoms with van der Waals surface area (Å²) < 4.78 is 11.1. The highest BCUT2D eigenvalue weighted by Gasteiger charge is 2.01. The van der Waals surface area contributed by atoms with Crippen molar-refractivity contribution in [1.29, 1.82) is 0 Å². The molecule has 0 amide bonds. The first kappa shape index (κ1) is 17.2. The Hall–Kier alpha value is -0.900. The third kappa shape index (κ3) is 9.08. The number of aryl methyl sites for hydroxylation is 1. The predicted molar refractivity (Wildman–Crippen MR) is 84.2 cm³/mol. The summed E-state index contributed by atoms with van der Waals surface area (Å²) in [5.74, 6) is 0. The van der Waals surface area contributed by atoms with Crippen molar-refractivity contribution in [2.75, 3.05) is 32.9 Å². The molecule has 0 heterocycles. The summed E-state index contributed by atoms with van der Waals surface area (Å²) in [4.78, 5) is 0. The Morgan fingerprint density at radius 3 is 2.65 bits per heavy atom. The topological polar surface area (TPSA) is 30.5 Å². The Morgan fingerprint density at radius 1 is 1.10 bits per heavy atom. The minimum Gasteiger partial charge on any atom is -0.382 e. The van der Waals surface area contributed by atoms with E-state index in [9.17, 15) is 0 Å². The average Bonchev–Trinajstić information content (AvgIpc) is 2.48. The van der Waals surface area contributed by atoms with Gasteiger partial charge in [-0.3, -0.25) is 0 Å². The molecule has 0 radical (unpaired) electrons. The molecule has 1 N–H and O–H groups in total. The molecule has 114 valence electrons. The van der Waals surface area contributed by atoms with Crippen LogP contribution in [0.2, 0.25) is 0 Å². The van der Waals surface area contributed by atoms with Crippen LogP contribution in [0.3, 0.4) is 0 Å². The van der Waals surface area contributed by atoms with Crippen LogP contribution in [0.15, 0.2) is 30.3 Å². The molecule has 1 rings (SSSR count). The molecule has 1 unspecified atom stereocenters. The Bertz CT molecular complexity index is 316. The molecule has 1 aromatic rings. The van der Waals surface area contributed by atoms with Crippen LogP contribution in [0.1, 0.15) is 32.3 Å². The molecule has 0 fully saturated rings. The molecular weight excluding hydrogens is 250 g/mol. The number of benzene rings is 1. The van der Waals surface area contributed by atoms with Gasteiger partial charge in [-0.15, -0.1) is 0 Å². The third-order valence-electron chi connectivity index (χ3n) is 3.13. The second kappa shape index (κ2) is 11.9. The first-order valence-corrected chi connectivity index (χ1v) is 7.77. The molecule has 1 atom stereocenters. The van der Waals surface area contributed by atoms with Gasteiger partial charge in [-0.2, -0.15) is 0 Å². The van der Waals surface area contributed by atoms with Gasteiger partial charge >= 0.3 is 0 Å². The predicted octanol–water partition coefficient (Wildman–Crippen LogP) is 3.04. The lowest BCUT2D eigenvalue weighted by molar-refractivity contribution is 0.0637. The van der Waals surface area contributed by atoms with Crippen molar-refractivity contribution in [3.8, 4) is 0 Å². The third-order valence-corrected chi connectivity index (χ3v) is 3.13. The highest BCUT2D eigenvalue weighted by Crippen LogP contribution is 2.03. The van der Waals surface area contributed by atoms with Gasteiger partial charge in [-0.25, -0.2) is 0 Å². The van der Waals surface area contributed by atoms with Crippen LogP contribution >= 0.6 is 0 Å². The number of nitrogens with one attached hydrogen (secondary N) is 1. The Kier molecular flexibility index (Phi) is 10.2. The summed E-state index contributed by atoms with van der Waals surface area (Å²) in [5, 5.41) is 3.40. The van der Waals surface area contributed by atoms with Gasteiger partial charge in [0.05, 0.1) is 6.10 Å². The van der Waals surface area contributed by atoms with Crippen LogP contribution < -0.4 is 5.32 Å². The van der Waals surface area contributed by atoms with Crippen LogP contribution in [0, 0.1) is 0 Å². The molecule has 0 saturated heterocycles. The van der Waals surface area contributed by atoms with E-state index in [2.05, 4.69) is 42.6 Å². The highest BCUT2D eigenvalue weighted by atomic mass is 16.5. The summed E-state index contributed by atoms with van der Waals surface area (Å²) in [7, 11) is 0. The van der Waals surface area contributed by atoms with Crippen molar-refractivity contribution in [1.82, 2.24) is 5.32 Å². The van der Waals surface area contributed by atoms with Gasteiger partial charge in [-0.05, 0) is 45.2 Å². The quantitative estimate of drug-likeness (QED) is 0.597. The largest absolute Gasteiger partial charge is 0.382 e. The minimum absolute atomic E-state index is 0.276. The first-order valence-electron chi connectivity index (χ1n) is 7.77. The van der Waals surface area contributed by atoms with E-state index in [1.165, 1.54) is 5.56 Å². The van der Waals surface area contributed by atoms with Crippen molar-refractivity contribution in [2.24, 2.45) is 0 Å². The molecule has 0 aromatic heterocycles. The molecule has 3 heteroatoms. The molecule has 0 bridgehead atoms. The number of hydrogen-bond acceptors (Lipinski definition) is 3. The molecular formula is C17H29NO2. The van der Waals surface area contributed by atoms with Crippen molar-refractivity contribution < 1.29 is 9.47 Å². The van der Waals surface area contributed by atoms with E-state index in [1.54, 1.807) is 0 Å². The second-order valence-electron chi connectivity index (χ2n) is 5.03. The maximum atomic E-state index is 5.80. The fourth-order valence-electron chi connectivity index (χ4n) is 2.01. The van der Waals surface area contributed by atoms with E-state index in [-0.39, 0.29) is 6.10 Å². The van der Waals surface area contributed by atoms with Gasteiger partial charge in [0.25, 0.3) is 0 Å². The van der Waals surface area contributed by atoms with Crippen molar-refractivity contribution in [2.45, 2.75) is 39.2 Å². The van der Waals surface area contributed by atoms with Gasteiger partial charge in [0.15, 0.2) is 0 Å². The fraction of sp³-hybridized carbons (Fsp3) is 0.647. The summed E-state index contributed by atoms with van der Waals surface area (Å²) >= 11 is 0. The number of rotatable bonds is 12. The monoisotopic (exact) mass is 279 g/mol. The summed E-state index contributed by atoms with van der Waals surface area (Å²) in [6.45, 7) is 8.54. The molecule has 1 aromatic carbocycles. The van der Waals surface area contributed by atoms with Crippen LogP contribution in [-0.4, -0.2) is 39.0 Å². The van der Waals surface area contributed by atoms with Crippen molar-refractivity contribution in [3.63, 3.8) is 0 Å². The molecule has 0 saturated carbocycles. The molecule has 0 aliphatic heterocycles. The Labute approximate surface area is 123 Å². The van der Waals surface area contributed by atoms with Crippen molar-refractivity contribution in [3.05, 3.63) is 35.9 Å². The lowest BCUT2D eigenvalue weighted by Crippen LogP contribution is -2.28. The Balaban J connectivity index is 1.91. The van der Waals surface area contributed by atoms with Gasteiger partial charge < -0.3 is 14.8 Å². The fourth-order valence-corrected chi connectivity index (χ4v) is 2.01. The number of ether oxygens (including phenoxy) is 2. The van der Waals surface area contributed by atoms with Crippen LogP contribution in [0.4, 0.5) is 0 Å². The van der Waals surface area contributed by atoms with E-state index in [0.29, 0.717) is 0 Å². The molecule has 0 aliphatic rings. The Morgan fingerprint density at radius 2 is 1.90 bits per heavy atom. The summed E-state index contributed by atoms with van der Waals surface area (Å²) in [5.41, 5.74) is 1.39. The van der Waals surface area contributed by atoms with Gasteiger partial charge in [-0.1, -0.05) is 30.3 Å². The normalized spacial score (nSPS) is 12.5. The molecule has 0 aliphatic carbocycles. The van der Waals surface area contributed by atoms with Crippen LogP contribution in [0.25, 0.3) is 0 Å². The van der Waals surface area contributed by atoms with E-state index in [4.69, 9.17) is 9.47 Å². The summed E-state index contributed by atoms with van der Waals surface area (Å²) in [6, 6.07) is 10.6. The van der Waals surface area contributed by atoms with E-state index in [0.717, 1.165) is 52.2 Å². The van der Waals surface area contributed by atoms with E-state index < -0.39 is 0 Å².